The van der Waals surface area contributed by atoms with E-state index in [1.54, 1.807) is 0 Å². The molecule has 19 heavy (non-hydrogen) atoms. The van der Waals surface area contributed by atoms with Crippen LogP contribution < -0.4 is 5.73 Å². The first-order valence-electron chi connectivity index (χ1n) is 7.65. The van der Waals surface area contributed by atoms with Crippen molar-refractivity contribution in [2.45, 2.75) is 39.7 Å². The van der Waals surface area contributed by atoms with Gasteiger partial charge in [0.2, 0.25) is 0 Å². The molecule has 0 spiro atoms. The summed E-state index contributed by atoms with van der Waals surface area (Å²) < 4.78 is 0. The maximum atomic E-state index is 5.75. The van der Waals surface area contributed by atoms with Gasteiger partial charge in [-0.15, -0.1) is 0 Å². The predicted molar refractivity (Wildman–Crippen MR) is 82.0 cm³/mol. The average Bonchev–Trinajstić information content (AvgIpc) is 2.39. The molecule has 2 rings (SSSR count). The minimum absolute atomic E-state index is 0.670. The second-order valence-corrected chi connectivity index (χ2v) is 6.31. The summed E-state index contributed by atoms with van der Waals surface area (Å²) in [7, 11) is 0. The molecule has 0 amide bonds. The summed E-state index contributed by atoms with van der Waals surface area (Å²) in [6.07, 6.45) is 4.02. The van der Waals surface area contributed by atoms with Crippen LogP contribution in [0.1, 0.15) is 37.3 Å². The molecule has 0 radical (unpaired) electrons. The van der Waals surface area contributed by atoms with Gasteiger partial charge in [0, 0.05) is 13.1 Å². The Labute approximate surface area is 118 Å². The third-order valence-corrected chi connectivity index (χ3v) is 4.23. The Balaban J connectivity index is 1.87. The molecule has 1 aliphatic rings. The number of benzene rings is 1. The Morgan fingerprint density at radius 1 is 1.42 bits per heavy atom. The zero-order chi connectivity index (χ0) is 13.7. The summed E-state index contributed by atoms with van der Waals surface area (Å²) in [5.41, 5.74) is 8.57. The molecule has 1 saturated heterocycles. The molecular formula is C17H28N2. The van der Waals surface area contributed by atoms with Crippen LogP contribution in [-0.4, -0.2) is 24.5 Å². The van der Waals surface area contributed by atoms with Crippen molar-refractivity contribution < 1.29 is 0 Å². The molecule has 1 fully saturated rings. The SMILES string of the molecule is Cc1cccc(CN2CCCC(CC(C)CN)C2)c1. The van der Waals surface area contributed by atoms with Gasteiger partial charge in [0.1, 0.15) is 0 Å². The van der Waals surface area contributed by atoms with Crippen LogP contribution in [0, 0.1) is 18.8 Å². The van der Waals surface area contributed by atoms with E-state index in [1.807, 2.05) is 0 Å². The van der Waals surface area contributed by atoms with Crippen molar-refractivity contribution in [3.05, 3.63) is 35.4 Å². The molecule has 2 nitrogen and oxygen atoms in total. The van der Waals surface area contributed by atoms with Crippen LogP contribution in [0.15, 0.2) is 24.3 Å². The number of hydrogen-bond acceptors (Lipinski definition) is 2. The normalized spacial score (nSPS) is 22.4. The molecule has 0 saturated carbocycles. The molecule has 0 aromatic heterocycles. The van der Waals surface area contributed by atoms with Gasteiger partial charge in [-0.2, -0.15) is 0 Å². The van der Waals surface area contributed by atoms with Crippen LogP contribution in [0.2, 0.25) is 0 Å². The first-order chi connectivity index (χ1) is 9.17. The Morgan fingerprint density at radius 3 is 3.00 bits per heavy atom. The average molecular weight is 260 g/mol. The van der Waals surface area contributed by atoms with Gasteiger partial charge in [-0.1, -0.05) is 36.8 Å². The molecule has 2 N–H and O–H groups in total. The van der Waals surface area contributed by atoms with Crippen molar-refractivity contribution in [3.63, 3.8) is 0 Å². The van der Waals surface area contributed by atoms with Gasteiger partial charge in [-0.05, 0) is 56.7 Å². The van der Waals surface area contributed by atoms with Gasteiger partial charge >= 0.3 is 0 Å². The van der Waals surface area contributed by atoms with Crippen LogP contribution >= 0.6 is 0 Å². The largest absolute Gasteiger partial charge is 0.330 e. The topological polar surface area (TPSA) is 29.3 Å². The molecule has 1 aliphatic heterocycles. The van der Waals surface area contributed by atoms with E-state index in [0.717, 1.165) is 19.0 Å². The van der Waals surface area contributed by atoms with E-state index in [0.29, 0.717) is 5.92 Å². The molecule has 0 aliphatic carbocycles. The van der Waals surface area contributed by atoms with E-state index in [-0.39, 0.29) is 0 Å². The highest BCUT2D eigenvalue weighted by molar-refractivity contribution is 5.22. The highest BCUT2D eigenvalue weighted by Gasteiger charge is 2.21. The highest BCUT2D eigenvalue weighted by atomic mass is 15.1. The predicted octanol–water partition coefficient (Wildman–Crippen LogP) is 3.19. The Morgan fingerprint density at radius 2 is 2.26 bits per heavy atom. The molecule has 1 aromatic carbocycles. The second kappa shape index (κ2) is 7.06. The fourth-order valence-corrected chi connectivity index (χ4v) is 3.22. The fraction of sp³-hybridized carbons (Fsp3) is 0.647. The van der Waals surface area contributed by atoms with Gasteiger partial charge in [0.15, 0.2) is 0 Å². The summed E-state index contributed by atoms with van der Waals surface area (Å²) in [5.74, 6) is 1.51. The minimum atomic E-state index is 0.670. The van der Waals surface area contributed by atoms with Crippen LogP contribution in [0.25, 0.3) is 0 Å². The molecule has 2 heteroatoms. The number of piperidine rings is 1. The van der Waals surface area contributed by atoms with E-state index in [4.69, 9.17) is 5.73 Å². The van der Waals surface area contributed by atoms with Gasteiger partial charge in [-0.3, -0.25) is 4.90 Å². The smallest absolute Gasteiger partial charge is 0.0233 e. The summed E-state index contributed by atoms with van der Waals surface area (Å²) in [4.78, 5) is 2.62. The lowest BCUT2D eigenvalue weighted by Crippen LogP contribution is -2.36. The number of nitrogens with zero attached hydrogens (tertiary/aromatic N) is 1. The van der Waals surface area contributed by atoms with Gasteiger partial charge in [0.05, 0.1) is 0 Å². The molecule has 1 heterocycles. The van der Waals surface area contributed by atoms with Gasteiger partial charge in [0.25, 0.3) is 0 Å². The number of nitrogens with two attached hydrogens (primary N) is 1. The van der Waals surface area contributed by atoms with Crippen molar-refractivity contribution in [1.29, 1.82) is 0 Å². The maximum Gasteiger partial charge on any atom is 0.0233 e. The van der Waals surface area contributed by atoms with Crippen LogP contribution in [0.5, 0.6) is 0 Å². The fourth-order valence-electron chi connectivity index (χ4n) is 3.22. The Bertz CT molecular complexity index is 389. The maximum absolute atomic E-state index is 5.75. The Kier molecular flexibility index (Phi) is 5.41. The van der Waals surface area contributed by atoms with E-state index in [1.165, 1.54) is 43.5 Å². The van der Waals surface area contributed by atoms with E-state index < -0.39 is 0 Å². The second-order valence-electron chi connectivity index (χ2n) is 6.31. The number of aryl methyl sites for hydroxylation is 1. The zero-order valence-corrected chi connectivity index (χ0v) is 12.4. The number of likely N-dealkylation sites (tertiary alicyclic amines) is 1. The van der Waals surface area contributed by atoms with Crippen LogP contribution in [-0.2, 0) is 6.54 Å². The summed E-state index contributed by atoms with van der Waals surface area (Å²) in [6.45, 7) is 8.88. The lowest BCUT2D eigenvalue weighted by molar-refractivity contribution is 0.152. The van der Waals surface area contributed by atoms with Crippen molar-refractivity contribution in [2.75, 3.05) is 19.6 Å². The van der Waals surface area contributed by atoms with Crippen LogP contribution in [0.3, 0.4) is 0 Å². The van der Waals surface area contributed by atoms with Crippen LogP contribution in [0.4, 0.5) is 0 Å². The lowest BCUT2D eigenvalue weighted by Gasteiger charge is -2.34. The number of rotatable bonds is 5. The first-order valence-corrected chi connectivity index (χ1v) is 7.65. The van der Waals surface area contributed by atoms with E-state index >= 15 is 0 Å². The standard InChI is InChI=1S/C17H28N2/c1-14-5-3-6-16(9-14)12-19-8-4-7-17(13-19)10-15(2)11-18/h3,5-6,9,15,17H,4,7-8,10-13,18H2,1-2H3. The van der Waals surface area contributed by atoms with E-state index in [9.17, 15) is 0 Å². The lowest BCUT2D eigenvalue weighted by atomic mass is 9.89. The molecular weight excluding hydrogens is 232 g/mol. The van der Waals surface area contributed by atoms with E-state index in [2.05, 4.69) is 43.0 Å². The monoisotopic (exact) mass is 260 g/mol. The van der Waals surface area contributed by atoms with Gasteiger partial charge in [-0.25, -0.2) is 0 Å². The molecule has 1 aromatic rings. The van der Waals surface area contributed by atoms with Crippen molar-refractivity contribution >= 4 is 0 Å². The minimum Gasteiger partial charge on any atom is -0.330 e. The van der Waals surface area contributed by atoms with Gasteiger partial charge < -0.3 is 5.73 Å². The number of hydrogen-bond donors (Lipinski definition) is 1. The quantitative estimate of drug-likeness (QED) is 0.881. The summed E-state index contributed by atoms with van der Waals surface area (Å²) in [5, 5.41) is 0. The van der Waals surface area contributed by atoms with Crippen molar-refractivity contribution in [2.24, 2.45) is 17.6 Å². The third-order valence-electron chi connectivity index (χ3n) is 4.23. The first kappa shape index (κ1) is 14.5. The molecule has 106 valence electrons. The molecule has 2 atom stereocenters. The molecule has 0 bridgehead atoms. The van der Waals surface area contributed by atoms with Crippen molar-refractivity contribution in [3.8, 4) is 0 Å². The summed E-state index contributed by atoms with van der Waals surface area (Å²) >= 11 is 0. The van der Waals surface area contributed by atoms with Crippen molar-refractivity contribution in [1.82, 2.24) is 4.90 Å². The Hall–Kier alpha value is -0.860. The third kappa shape index (κ3) is 4.63. The highest BCUT2D eigenvalue weighted by Crippen LogP contribution is 2.24. The molecule has 2 unspecified atom stereocenters. The summed E-state index contributed by atoms with van der Waals surface area (Å²) in [6, 6.07) is 8.90. The zero-order valence-electron chi connectivity index (χ0n) is 12.4.